The standard InChI is InChI=1S/C11H12F2O2/c12-7-4-5-10(8(13)6-7)15-11-3-1-2-9(11)14/h4-6,9,11,14H,1-3H2/t9-,11-/m0/s1. The van der Waals surface area contributed by atoms with E-state index >= 15 is 0 Å². The topological polar surface area (TPSA) is 29.5 Å². The molecule has 0 spiro atoms. The minimum absolute atomic E-state index is 0.00218. The molecule has 1 fully saturated rings. The quantitative estimate of drug-likeness (QED) is 0.818. The average molecular weight is 214 g/mol. The van der Waals surface area contributed by atoms with Crippen molar-refractivity contribution in [2.45, 2.75) is 31.5 Å². The van der Waals surface area contributed by atoms with Gasteiger partial charge in [-0.15, -0.1) is 0 Å². The van der Waals surface area contributed by atoms with E-state index in [9.17, 15) is 13.9 Å². The number of ether oxygens (including phenoxy) is 1. The molecule has 2 nitrogen and oxygen atoms in total. The summed E-state index contributed by atoms with van der Waals surface area (Å²) in [4.78, 5) is 0. The number of benzene rings is 1. The first-order valence-corrected chi connectivity index (χ1v) is 4.96. The second-order valence-electron chi connectivity index (χ2n) is 3.73. The molecule has 0 saturated heterocycles. The molecule has 4 heteroatoms. The van der Waals surface area contributed by atoms with E-state index < -0.39 is 17.7 Å². The molecule has 1 aliphatic rings. The van der Waals surface area contributed by atoms with Gasteiger partial charge in [0.1, 0.15) is 11.9 Å². The molecule has 0 aromatic heterocycles. The Labute approximate surface area is 86.5 Å². The second-order valence-corrected chi connectivity index (χ2v) is 3.73. The molecular formula is C11H12F2O2. The first-order valence-electron chi connectivity index (χ1n) is 4.96. The molecule has 2 atom stereocenters. The highest BCUT2D eigenvalue weighted by molar-refractivity contribution is 5.25. The first kappa shape index (κ1) is 10.4. The van der Waals surface area contributed by atoms with Crippen molar-refractivity contribution in [3.05, 3.63) is 29.8 Å². The van der Waals surface area contributed by atoms with E-state index in [2.05, 4.69) is 0 Å². The van der Waals surface area contributed by atoms with Crippen LogP contribution in [0.1, 0.15) is 19.3 Å². The van der Waals surface area contributed by atoms with Gasteiger partial charge in [-0.3, -0.25) is 0 Å². The Balaban J connectivity index is 2.10. The van der Waals surface area contributed by atoms with E-state index in [1.807, 2.05) is 0 Å². The van der Waals surface area contributed by atoms with Gasteiger partial charge >= 0.3 is 0 Å². The van der Waals surface area contributed by atoms with Gasteiger partial charge in [-0.1, -0.05) is 0 Å². The predicted molar refractivity (Wildman–Crippen MR) is 50.6 cm³/mol. The third kappa shape index (κ3) is 2.26. The fourth-order valence-corrected chi connectivity index (χ4v) is 1.78. The Morgan fingerprint density at radius 3 is 2.67 bits per heavy atom. The monoisotopic (exact) mass is 214 g/mol. The lowest BCUT2D eigenvalue weighted by Gasteiger charge is -2.17. The number of halogens is 2. The minimum Gasteiger partial charge on any atom is -0.485 e. The lowest BCUT2D eigenvalue weighted by Crippen LogP contribution is -2.26. The SMILES string of the molecule is O[C@H]1CCC[C@@H]1Oc1ccc(F)cc1F. The van der Waals surface area contributed by atoms with Crippen molar-refractivity contribution in [3.63, 3.8) is 0 Å². The average Bonchev–Trinajstić information content (AvgIpc) is 2.57. The highest BCUT2D eigenvalue weighted by Crippen LogP contribution is 2.26. The summed E-state index contributed by atoms with van der Waals surface area (Å²) in [6.45, 7) is 0. The van der Waals surface area contributed by atoms with Crippen LogP contribution >= 0.6 is 0 Å². The van der Waals surface area contributed by atoms with Crippen molar-refractivity contribution in [2.75, 3.05) is 0 Å². The summed E-state index contributed by atoms with van der Waals surface area (Å²) >= 11 is 0. The summed E-state index contributed by atoms with van der Waals surface area (Å²) in [7, 11) is 0. The fraction of sp³-hybridized carbons (Fsp3) is 0.455. The van der Waals surface area contributed by atoms with E-state index in [0.29, 0.717) is 12.8 Å². The first-order chi connectivity index (χ1) is 7.16. The Morgan fingerprint density at radius 2 is 2.07 bits per heavy atom. The third-order valence-corrected chi connectivity index (χ3v) is 2.59. The van der Waals surface area contributed by atoms with Crippen LogP contribution in [-0.2, 0) is 0 Å². The largest absolute Gasteiger partial charge is 0.485 e. The van der Waals surface area contributed by atoms with Crippen molar-refractivity contribution in [3.8, 4) is 5.75 Å². The summed E-state index contributed by atoms with van der Waals surface area (Å²) < 4.78 is 31.1. The molecule has 0 unspecified atom stereocenters. The van der Waals surface area contributed by atoms with Gasteiger partial charge in [-0.05, 0) is 31.4 Å². The van der Waals surface area contributed by atoms with Crippen LogP contribution in [0.15, 0.2) is 18.2 Å². The molecule has 2 rings (SSSR count). The molecular weight excluding hydrogens is 202 g/mol. The molecule has 1 aliphatic carbocycles. The van der Waals surface area contributed by atoms with Crippen LogP contribution in [0.2, 0.25) is 0 Å². The van der Waals surface area contributed by atoms with Crippen LogP contribution in [0.4, 0.5) is 8.78 Å². The van der Waals surface area contributed by atoms with Crippen molar-refractivity contribution < 1.29 is 18.6 Å². The molecule has 15 heavy (non-hydrogen) atoms. The smallest absolute Gasteiger partial charge is 0.167 e. The van der Waals surface area contributed by atoms with Crippen LogP contribution in [0, 0.1) is 11.6 Å². The van der Waals surface area contributed by atoms with E-state index in [-0.39, 0.29) is 11.9 Å². The maximum absolute atomic E-state index is 13.2. The lowest BCUT2D eigenvalue weighted by atomic mass is 10.2. The molecule has 0 bridgehead atoms. The van der Waals surface area contributed by atoms with Crippen molar-refractivity contribution >= 4 is 0 Å². The van der Waals surface area contributed by atoms with Crippen molar-refractivity contribution in [1.82, 2.24) is 0 Å². The summed E-state index contributed by atoms with van der Waals surface area (Å²) in [5, 5.41) is 9.47. The molecule has 0 aliphatic heterocycles. The third-order valence-electron chi connectivity index (χ3n) is 2.59. The molecule has 0 radical (unpaired) electrons. The van der Waals surface area contributed by atoms with Gasteiger partial charge in [-0.25, -0.2) is 8.78 Å². The maximum atomic E-state index is 13.2. The highest BCUT2D eigenvalue weighted by atomic mass is 19.1. The van der Waals surface area contributed by atoms with Crippen LogP contribution < -0.4 is 4.74 Å². The zero-order valence-corrected chi connectivity index (χ0v) is 8.12. The maximum Gasteiger partial charge on any atom is 0.167 e. The number of hydrogen-bond donors (Lipinski definition) is 1. The number of hydrogen-bond acceptors (Lipinski definition) is 2. The zero-order valence-electron chi connectivity index (χ0n) is 8.12. The van der Waals surface area contributed by atoms with Gasteiger partial charge < -0.3 is 9.84 Å². The number of aliphatic hydroxyl groups is 1. The summed E-state index contributed by atoms with van der Waals surface area (Å²) in [5.74, 6) is -1.36. The van der Waals surface area contributed by atoms with E-state index in [1.54, 1.807) is 0 Å². The lowest BCUT2D eigenvalue weighted by molar-refractivity contribution is 0.0578. The van der Waals surface area contributed by atoms with Gasteiger partial charge in [-0.2, -0.15) is 0 Å². The molecule has 0 heterocycles. The van der Waals surface area contributed by atoms with Crippen LogP contribution in [0.25, 0.3) is 0 Å². The normalized spacial score (nSPS) is 25.5. The minimum atomic E-state index is -0.728. The Kier molecular flexibility index (Phi) is 2.86. The summed E-state index contributed by atoms with van der Waals surface area (Å²) in [5.41, 5.74) is 0. The van der Waals surface area contributed by atoms with E-state index in [1.165, 1.54) is 6.07 Å². The molecule has 1 saturated carbocycles. The highest BCUT2D eigenvalue weighted by Gasteiger charge is 2.27. The Hall–Kier alpha value is -1.16. The summed E-state index contributed by atoms with van der Waals surface area (Å²) in [6, 6.07) is 3.16. The summed E-state index contributed by atoms with van der Waals surface area (Å²) in [6.07, 6.45) is 1.33. The van der Waals surface area contributed by atoms with Crippen molar-refractivity contribution in [2.24, 2.45) is 0 Å². The van der Waals surface area contributed by atoms with Gasteiger partial charge in [0.2, 0.25) is 0 Å². The van der Waals surface area contributed by atoms with Crippen LogP contribution in [-0.4, -0.2) is 17.3 Å². The molecule has 1 aromatic rings. The molecule has 82 valence electrons. The zero-order chi connectivity index (χ0) is 10.8. The fourth-order valence-electron chi connectivity index (χ4n) is 1.78. The second kappa shape index (κ2) is 4.14. The van der Waals surface area contributed by atoms with E-state index in [4.69, 9.17) is 4.74 Å². The molecule has 1 aromatic carbocycles. The Morgan fingerprint density at radius 1 is 1.27 bits per heavy atom. The van der Waals surface area contributed by atoms with Crippen LogP contribution in [0.3, 0.4) is 0 Å². The number of rotatable bonds is 2. The van der Waals surface area contributed by atoms with Gasteiger partial charge in [0, 0.05) is 6.07 Å². The van der Waals surface area contributed by atoms with Gasteiger partial charge in [0.05, 0.1) is 6.10 Å². The van der Waals surface area contributed by atoms with Crippen molar-refractivity contribution in [1.29, 1.82) is 0 Å². The van der Waals surface area contributed by atoms with Gasteiger partial charge in [0.25, 0.3) is 0 Å². The van der Waals surface area contributed by atoms with E-state index in [0.717, 1.165) is 18.6 Å². The molecule has 1 N–H and O–H groups in total. The molecule has 0 amide bonds. The van der Waals surface area contributed by atoms with Crippen LogP contribution in [0.5, 0.6) is 5.75 Å². The number of aliphatic hydroxyl groups excluding tert-OH is 1. The van der Waals surface area contributed by atoms with Gasteiger partial charge in [0.15, 0.2) is 11.6 Å². The predicted octanol–water partition coefficient (Wildman–Crippen LogP) is 2.26. The Bertz CT molecular complexity index is 354.